The number of aromatic nitrogens is 1. The molecule has 0 amide bonds. The molecule has 0 unspecified atom stereocenters. The van der Waals surface area contributed by atoms with Crippen LogP contribution >= 0.6 is 0 Å². The second-order valence-corrected chi connectivity index (χ2v) is 2.89. The van der Waals surface area contributed by atoms with Crippen LogP contribution in [0.25, 0.3) is 0 Å². The van der Waals surface area contributed by atoms with Crippen LogP contribution in [0.5, 0.6) is 0 Å². The fourth-order valence-electron chi connectivity index (χ4n) is 1.17. The van der Waals surface area contributed by atoms with Crippen LogP contribution in [-0.2, 0) is 11.2 Å². The van der Waals surface area contributed by atoms with Crippen LogP contribution in [0, 0.1) is 0 Å². The molecule has 0 aliphatic rings. The van der Waals surface area contributed by atoms with Crippen molar-refractivity contribution >= 4 is 5.82 Å². The van der Waals surface area contributed by atoms with Gasteiger partial charge in [0.1, 0.15) is 5.82 Å². The molecule has 0 bridgehead atoms. The molecule has 0 atom stereocenters. The van der Waals surface area contributed by atoms with Crippen LogP contribution in [0.1, 0.15) is 18.9 Å². The summed E-state index contributed by atoms with van der Waals surface area (Å²) in [7, 11) is 0. The fourth-order valence-corrected chi connectivity index (χ4v) is 1.17. The van der Waals surface area contributed by atoms with E-state index < -0.39 is 0 Å². The summed E-state index contributed by atoms with van der Waals surface area (Å²) >= 11 is 0. The molecule has 0 aliphatic carbocycles. The van der Waals surface area contributed by atoms with E-state index in [1.165, 1.54) is 5.56 Å². The SMILES string of the molecule is CCOCCCc1ccnc(N)c1. The number of hydrogen-bond donors (Lipinski definition) is 1. The Hall–Kier alpha value is -1.09. The van der Waals surface area contributed by atoms with Gasteiger partial charge < -0.3 is 10.5 Å². The van der Waals surface area contributed by atoms with Crippen LogP contribution in [-0.4, -0.2) is 18.2 Å². The van der Waals surface area contributed by atoms with Crippen molar-refractivity contribution in [2.45, 2.75) is 19.8 Å². The molecule has 0 aliphatic heterocycles. The monoisotopic (exact) mass is 180 g/mol. The van der Waals surface area contributed by atoms with Gasteiger partial charge in [-0.1, -0.05) is 0 Å². The van der Waals surface area contributed by atoms with Crippen LogP contribution in [0.15, 0.2) is 18.3 Å². The zero-order valence-electron chi connectivity index (χ0n) is 7.99. The van der Waals surface area contributed by atoms with E-state index in [1.807, 2.05) is 19.1 Å². The molecule has 0 radical (unpaired) electrons. The zero-order chi connectivity index (χ0) is 9.52. The van der Waals surface area contributed by atoms with E-state index in [4.69, 9.17) is 10.5 Å². The molecule has 1 aromatic rings. The first-order valence-electron chi connectivity index (χ1n) is 4.61. The molecule has 1 heterocycles. The van der Waals surface area contributed by atoms with E-state index in [0.717, 1.165) is 26.1 Å². The van der Waals surface area contributed by atoms with E-state index in [2.05, 4.69) is 4.98 Å². The normalized spacial score (nSPS) is 10.2. The van der Waals surface area contributed by atoms with Gasteiger partial charge in [0.15, 0.2) is 0 Å². The first-order valence-corrected chi connectivity index (χ1v) is 4.61. The van der Waals surface area contributed by atoms with Gasteiger partial charge in [0.2, 0.25) is 0 Å². The molecule has 3 heteroatoms. The van der Waals surface area contributed by atoms with Gasteiger partial charge in [-0.2, -0.15) is 0 Å². The minimum atomic E-state index is 0.592. The number of nitrogens with two attached hydrogens (primary N) is 1. The third kappa shape index (κ3) is 3.90. The predicted octanol–water partition coefficient (Wildman–Crippen LogP) is 1.63. The second-order valence-electron chi connectivity index (χ2n) is 2.89. The Morgan fingerprint density at radius 1 is 1.54 bits per heavy atom. The Balaban J connectivity index is 2.28. The van der Waals surface area contributed by atoms with Crippen molar-refractivity contribution in [1.29, 1.82) is 0 Å². The van der Waals surface area contributed by atoms with Gasteiger partial charge in [0.25, 0.3) is 0 Å². The summed E-state index contributed by atoms with van der Waals surface area (Å²) in [5.41, 5.74) is 6.78. The van der Waals surface area contributed by atoms with Gasteiger partial charge in [-0.05, 0) is 37.5 Å². The van der Waals surface area contributed by atoms with Gasteiger partial charge in [-0.15, -0.1) is 0 Å². The Labute approximate surface area is 78.9 Å². The third-order valence-corrected chi connectivity index (χ3v) is 1.80. The van der Waals surface area contributed by atoms with E-state index >= 15 is 0 Å². The van der Waals surface area contributed by atoms with Crippen LogP contribution in [0.2, 0.25) is 0 Å². The maximum absolute atomic E-state index is 5.55. The van der Waals surface area contributed by atoms with Crippen molar-refractivity contribution in [2.75, 3.05) is 18.9 Å². The lowest BCUT2D eigenvalue weighted by Gasteiger charge is -2.02. The van der Waals surface area contributed by atoms with Crippen LogP contribution < -0.4 is 5.73 Å². The number of rotatable bonds is 5. The summed E-state index contributed by atoms with van der Waals surface area (Å²) in [6.45, 7) is 3.61. The number of hydrogen-bond acceptors (Lipinski definition) is 3. The van der Waals surface area contributed by atoms with Crippen LogP contribution in [0.4, 0.5) is 5.82 Å². The fraction of sp³-hybridized carbons (Fsp3) is 0.500. The highest BCUT2D eigenvalue weighted by Crippen LogP contribution is 2.05. The van der Waals surface area contributed by atoms with Crippen molar-refractivity contribution in [2.24, 2.45) is 0 Å². The van der Waals surface area contributed by atoms with Gasteiger partial charge >= 0.3 is 0 Å². The molecular formula is C10H16N2O. The molecule has 0 spiro atoms. The lowest BCUT2D eigenvalue weighted by Crippen LogP contribution is -1.97. The van der Waals surface area contributed by atoms with E-state index in [0.29, 0.717) is 5.82 Å². The molecule has 1 rings (SSSR count). The van der Waals surface area contributed by atoms with Crippen LogP contribution in [0.3, 0.4) is 0 Å². The summed E-state index contributed by atoms with van der Waals surface area (Å²) in [5, 5.41) is 0. The summed E-state index contributed by atoms with van der Waals surface area (Å²) in [5.74, 6) is 0.592. The lowest BCUT2D eigenvalue weighted by atomic mass is 10.1. The maximum atomic E-state index is 5.55. The van der Waals surface area contributed by atoms with Crippen molar-refractivity contribution < 1.29 is 4.74 Å². The number of anilines is 1. The Kier molecular flexibility index (Phi) is 4.26. The number of ether oxygens (including phenoxy) is 1. The molecule has 13 heavy (non-hydrogen) atoms. The van der Waals surface area contributed by atoms with Gasteiger partial charge in [0, 0.05) is 19.4 Å². The predicted molar refractivity (Wildman–Crippen MR) is 53.5 cm³/mol. The summed E-state index contributed by atoms with van der Waals surface area (Å²) in [4.78, 5) is 3.93. The first kappa shape index (κ1) is 9.99. The van der Waals surface area contributed by atoms with Crippen molar-refractivity contribution in [1.82, 2.24) is 4.98 Å². The average molecular weight is 180 g/mol. The number of pyridine rings is 1. The molecule has 2 N–H and O–H groups in total. The minimum absolute atomic E-state index is 0.592. The van der Waals surface area contributed by atoms with Gasteiger partial charge in [0.05, 0.1) is 0 Å². The smallest absolute Gasteiger partial charge is 0.123 e. The molecule has 72 valence electrons. The maximum Gasteiger partial charge on any atom is 0.123 e. The first-order chi connectivity index (χ1) is 6.33. The van der Waals surface area contributed by atoms with E-state index in [9.17, 15) is 0 Å². The van der Waals surface area contributed by atoms with Gasteiger partial charge in [-0.3, -0.25) is 0 Å². The highest BCUT2D eigenvalue weighted by Gasteiger charge is 1.94. The lowest BCUT2D eigenvalue weighted by molar-refractivity contribution is 0.145. The van der Waals surface area contributed by atoms with Crippen molar-refractivity contribution in [3.05, 3.63) is 23.9 Å². The topological polar surface area (TPSA) is 48.1 Å². The Morgan fingerprint density at radius 3 is 3.08 bits per heavy atom. The average Bonchev–Trinajstić information content (AvgIpc) is 2.13. The minimum Gasteiger partial charge on any atom is -0.384 e. The van der Waals surface area contributed by atoms with Gasteiger partial charge in [-0.25, -0.2) is 4.98 Å². The summed E-state index contributed by atoms with van der Waals surface area (Å²) in [6, 6.07) is 3.90. The summed E-state index contributed by atoms with van der Waals surface area (Å²) < 4.78 is 5.24. The standard InChI is InChI=1S/C10H16N2O/c1-2-13-7-3-4-9-5-6-12-10(11)8-9/h5-6,8H,2-4,7H2,1H3,(H2,11,12). The summed E-state index contributed by atoms with van der Waals surface area (Å²) in [6.07, 6.45) is 3.79. The molecule has 0 fully saturated rings. The quantitative estimate of drug-likeness (QED) is 0.701. The van der Waals surface area contributed by atoms with E-state index in [1.54, 1.807) is 6.20 Å². The molecule has 3 nitrogen and oxygen atoms in total. The molecule has 0 saturated heterocycles. The Bertz CT molecular complexity index is 250. The zero-order valence-corrected chi connectivity index (χ0v) is 7.99. The number of aryl methyl sites for hydroxylation is 1. The van der Waals surface area contributed by atoms with Crippen molar-refractivity contribution in [3.63, 3.8) is 0 Å². The van der Waals surface area contributed by atoms with E-state index in [-0.39, 0.29) is 0 Å². The third-order valence-electron chi connectivity index (χ3n) is 1.80. The van der Waals surface area contributed by atoms with Crippen molar-refractivity contribution in [3.8, 4) is 0 Å². The largest absolute Gasteiger partial charge is 0.384 e. The molecule has 1 aromatic heterocycles. The number of nitrogens with zero attached hydrogens (tertiary/aromatic N) is 1. The highest BCUT2D eigenvalue weighted by molar-refractivity contribution is 5.31. The Morgan fingerprint density at radius 2 is 2.38 bits per heavy atom. The highest BCUT2D eigenvalue weighted by atomic mass is 16.5. The molecule has 0 saturated carbocycles. The molecule has 0 aromatic carbocycles. The molecular weight excluding hydrogens is 164 g/mol. The second kappa shape index (κ2) is 5.54. The number of nitrogen functional groups attached to an aromatic ring is 1.